The fraction of sp³-hybridized carbons (Fsp3) is 0.500. The number of rotatable bonds is 3. The van der Waals surface area contributed by atoms with Crippen molar-refractivity contribution < 1.29 is 9.53 Å². The van der Waals surface area contributed by atoms with Gasteiger partial charge in [0.05, 0.1) is 12.1 Å². The van der Waals surface area contributed by atoms with Crippen LogP contribution in [0, 0.1) is 0 Å². The molecule has 1 heterocycles. The summed E-state index contributed by atoms with van der Waals surface area (Å²) >= 11 is 5.80. The van der Waals surface area contributed by atoms with Crippen molar-refractivity contribution in [3.63, 3.8) is 0 Å². The van der Waals surface area contributed by atoms with Crippen LogP contribution in [0.1, 0.15) is 30.6 Å². The van der Waals surface area contributed by atoms with Crippen molar-refractivity contribution in [2.45, 2.75) is 32.4 Å². The van der Waals surface area contributed by atoms with Gasteiger partial charge in [-0.25, -0.2) is 0 Å². The minimum Gasteiger partial charge on any atom is -0.488 e. The molecule has 1 aromatic carbocycles. The first-order valence-corrected chi connectivity index (χ1v) is 6.79. The lowest BCUT2D eigenvalue weighted by Crippen LogP contribution is -2.41. The number of hydrogen-bond acceptors (Lipinski definition) is 2. The van der Waals surface area contributed by atoms with Gasteiger partial charge in [0, 0.05) is 11.9 Å². The van der Waals surface area contributed by atoms with Gasteiger partial charge >= 0.3 is 0 Å². The average Bonchev–Trinajstić information content (AvgIpc) is 2.48. The van der Waals surface area contributed by atoms with Crippen molar-refractivity contribution in [1.29, 1.82) is 0 Å². The molecule has 0 radical (unpaired) electrons. The zero-order valence-electron chi connectivity index (χ0n) is 10.7. The second-order valence-corrected chi connectivity index (χ2v) is 5.14. The monoisotopic (exact) mass is 267 g/mol. The van der Waals surface area contributed by atoms with Crippen LogP contribution in [0.4, 0.5) is 0 Å². The van der Waals surface area contributed by atoms with Gasteiger partial charge in [0.15, 0.2) is 0 Å². The van der Waals surface area contributed by atoms with Crippen LogP contribution in [0.3, 0.4) is 0 Å². The van der Waals surface area contributed by atoms with E-state index in [0.29, 0.717) is 23.7 Å². The highest BCUT2D eigenvalue weighted by molar-refractivity contribution is 6.17. The Hall–Kier alpha value is -1.22. The lowest BCUT2D eigenvalue weighted by molar-refractivity contribution is 0.0645. The second-order valence-electron chi connectivity index (χ2n) is 4.76. The standard InChI is InChI=1S/C14H18ClNO2/c1-10(2)16-9-11(7-8-15)18-13-6-4-3-5-12(13)14(16)17/h3-6,10-11H,7-9H2,1-2H3. The summed E-state index contributed by atoms with van der Waals surface area (Å²) in [4.78, 5) is 14.3. The number of benzene rings is 1. The van der Waals surface area contributed by atoms with Gasteiger partial charge in [0.2, 0.25) is 0 Å². The van der Waals surface area contributed by atoms with Crippen LogP contribution in [0.15, 0.2) is 24.3 Å². The number of halogens is 1. The molecular weight excluding hydrogens is 250 g/mol. The Kier molecular flexibility index (Phi) is 4.12. The first-order chi connectivity index (χ1) is 8.63. The quantitative estimate of drug-likeness (QED) is 0.788. The molecule has 1 aromatic rings. The number of amides is 1. The number of alkyl halides is 1. The molecule has 0 fully saturated rings. The number of nitrogens with zero attached hydrogens (tertiary/aromatic N) is 1. The van der Waals surface area contributed by atoms with Gasteiger partial charge in [0.25, 0.3) is 5.91 Å². The maximum atomic E-state index is 12.4. The summed E-state index contributed by atoms with van der Waals surface area (Å²) < 4.78 is 5.90. The SMILES string of the molecule is CC(C)N1CC(CCCl)Oc2ccccc2C1=O. The Morgan fingerprint density at radius 3 is 2.83 bits per heavy atom. The van der Waals surface area contributed by atoms with Gasteiger partial charge in [-0.2, -0.15) is 0 Å². The third kappa shape index (κ3) is 2.61. The summed E-state index contributed by atoms with van der Waals surface area (Å²) in [7, 11) is 0. The summed E-state index contributed by atoms with van der Waals surface area (Å²) in [5, 5.41) is 0. The molecule has 0 aliphatic carbocycles. The topological polar surface area (TPSA) is 29.5 Å². The largest absolute Gasteiger partial charge is 0.488 e. The molecule has 3 nitrogen and oxygen atoms in total. The smallest absolute Gasteiger partial charge is 0.257 e. The predicted molar refractivity (Wildman–Crippen MR) is 72.4 cm³/mol. The van der Waals surface area contributed by atoms with E-state index in [0.717, 1.165) is 6.42 Å². The van der Waals surface area contributed by atoms with Crippen LogP contribution < -0.4 is 4.74 Å². The van der Waals surface area contributed by atoms with E-state index in [-0.39, 0.29) is 18.1 Å². The maximum Gasteiger partial charge on any atom is 0.257 e. The van der Waals surface area contributed by atoms with Gasteiger partial charge < -0.3 is 9.64 Å². The van der Waals surface area contributed by atoms with Crippen LogP contribution in [0.2, 0.25) is 0 Å². The van der Waals surface area contributed by atoms with Gasteiger partial charge in [-0.1, -0.05) is 12.1 Å². The van der Waals surface area contributed by atoms with E-state index in [2.05, 4.69) is 0 Å². The normalized spacial score (nSPS) is 19.4. The second kappa shape index (κ2) is 5.61. The van der Waals surface area contributed by atoms with E-state index < -0.39 is 0 Å². The number of carbonyl (C=O) groups is 1. The summed E-state index contributed by atoms with van der Waals surface area (Å²) in [6.07, 6.45) is 0.712. The Bertz CT molecular complexity index is 434. The molecule has 0 N–H and O–H groups in total. The third-order valence-electron chi connectivity index (χ3n) is 3.13. The minimum atomic E-state index is -0.0301. The van der Waals surface area contributed by atoms with Gasteiger partial charge in [0.1, 0.15) is 11.9 Å². The molecule has 18 heavy (non-hydrogen) atoms. The molecule has 4 heteroatoms. The van der Waals surface area contributed by atoms with Crippen molar-refractivity contribution in [2.24, 2.45) is 0 Å². The number of hydrogen-bond donors (Lipinski definition) is 0. The van der Waals surface area contributed by atoms with E-state index >= 15 is 0 Å². The molecule has 0 spiro atoms. The van der Waals surface area contributed by atoms with Gasteiger partial charge in [-0.05, 0) is 32.4 Å². The number of carbonyl (C=O) groups excluding carboxylic acids is 1. The highest BCUT2D eigenvalue weighted by atomic mass is 35.5. The predicted octanol–water partition coefficient (Wildman–Crippen LogP) is 2.93. The van der Waals surface area contributed by atoms with Crippen molar-refractivity contribution in [1.82, 2.24) is 4.90 Å². The molecule has 0 bridgehead atoms. The van der Waals surface area contributed by atoms with Crippen LogP contribution in [-0.2, 0) is 0 Å². The van der Waals surface area contributed by atoms with Crippen LogP contribution in [0.25, 0.3) is 0 Å². The summed E-state index contributed by atoms with van der Waals surface area (Å²) in [6.45, 7) is 4.63. The molecule has 1 unspecified atom stereocenters. The van der Waals surface area contributed by atoms with E-state index in [1.807, 2.05) is 43.0 Å². The van der Waals surface area contributed by atoms with Crippen LogP contribution in [0.5, 0.6) is 5.75 Å². The molecule has 0 saturated heterocycles. The molecule has 0 saturated carbocycles. The fourth-order valence-electron chi connectivity index (χ4n) is 2.14. The Morgan fingerprint density at radius 2 is 2.17 bits per heavy atom. The first kappa shape index (κ1) is 13.2. The minimum absolute atomic E-state index is 0.0301. The van der Waals surface area contributed by atoms with E-state index in [4.69, 9.17) is 16.3 Å². The number of fused-ring (bicyclic) bond motifs is 1. The number of para-hydroxylation sites is 1. The summed E-state index contributed by atoms with van der Waals surface area (Å²) in [5.74, 6) is 1.24. The molecular formula is C14H18ClNO2. The van der Waals surface area contributed by atoms with E-state index in [1.54, 1.807) is 0 Å². The number of ether oxygens (including phenoxy) is 1. The van der Waals surface area contributed by atoms with E-state index in [9.17, 15) is 4.79 Å². The lowest BCUT2D eigenvalue weighted by Gasteiger charge is -2.27. The maximum absolute atomic E-state index is 12.4. The Balaban J connectivity index is 2.36. The van der Waals surface area contributed by atoms with Crippen LogP contribution in [-0.4, -0.2) is 35.4 Å². The first-order valence-electron chi connectivity index (χ1n) is 6.26. The molecule has 1 atom stereocenters. The van der Waals surface area contributed by atoms with Crippen LogP contribution >= 0.6 is 11.6 Å². The van der Waals surface area contributed by atoms with Crippen molar-refractivity contribution >= 4 is 17.5 Å². The average molecular weight is 268 g/mol. The molecule has 1 aliphatic heterocycles. The van der Waals surface area contributed by atoms with Crippen molar-refractivity contribution in [3.8, 4) is 5.75 Å². The molecule has 98 valence electrons. The third-order valence-corrected chi connectivity index (χ3v) is 3.34. The fourth-order valence-corrected chi connectivity index (χ4v) is 2.38. The molecule has 1 aliphatic rings. The Morgan fingerprint density at radius 1 is 1.44 bits per heavy atom. The van der Waals surface area contributed by atoms with E-state index in [1.165, 1.54) is 0 Å². The molecule has 2 rings (SSSR count). The summed E-state index contributed by atoms with van der Waals surface area (Å²) in [5.41, 5.74) is 0.642. The van der Waals surface area contributed by atoms with Gasteiger partial charge in [-0.15, -0.1) is 11.6 Å². The van der Waals surface area contributed by atoms with Crippen molar-refractivity contribution in [3.05, 3.63) is 29.8 Å². The lowest BCUT2D eigenvalue weighted by atomic mass is 10.1. The zero-order valence-corrected chi connectivity index (χ0v) is 11.5. The zero-order chi connectivity index (χ0) is 13.1. The summed E-state index contributed by atoms with van der Waals surface area (Å²) in [6, 6.07) is 7.56. The Labute approximate surface area is 113 Å². The highest BCUT2D eigenvalue weighted by Crippen LogP contribution is 2.26. The molecule has 1 amide bonds. The van der Waals surface area contributed by atoms with Crippen molar-refractivity contribution in [2.75, 3.05) is 12.4 Å². The highest BCUT2D eigenvalue weighted by Gasteiger charge is 2.29. The van der Waals surface area contributed by atoms with Gasteiger partial charge in [-0.3, -0.25) is 4.79 Å². The molecule has 0 aromatic heterocycles.